The molecule has 0 aliphatic heterocycles. The van der Waals surface area contributed by atoms with Gasteiger partial charge in [-0.25, -0.2) is 5.43 Å². The average molecular weight is 365 g/mol. The largest absolute Gasteiger partial charge is 0.502 e. The number of nitrogens with one attached hydrogen (secondary N) is 1. The number of hydrazone groups is 1. The molecule has 9 heteroatoms. The molecule has 0 radical (unpaired) electrons. The van der Waals surface area contributed by atoms with E-state index in [9.17, 15) is 20.0 Å². The maximum Gasteiger partial charge on any atom is 0.312 e. The maximum absolute atomic E-state index is 11.7. The summed E-state index contributed by atoms with van der Waals surface area (Å²) >= 11 is 3.10. The molecule has 0 aliphatic rings. The summed E-state index contributed by atoms with van der Waals surface area (Å²) in [4.78, 5) is 25.6. The molecule has 0 aliphatic carbocycles. The second kappa shape index (κ2) is 6.76. The molecule has 22 heavy (non-hydrogen) atoms. The van der Waals surface area contributed by atoms with Gasteiger partial charge in [0.25, 0.3) is 5.91 Å². The molecule has 0 bridgehead atoms. The Labute approximate surface area is 132 Å². The number of nitro benzene ring substituents is 1. The van der Waals surface area contributed by atoms with E-state index in [1.165, 1.54) is 24.4 Å². The highest BCUT2D eigenvalue weighted by molar-refractivity contribution is 9.10. The van der Waals surface area contributed by atoms with Crippen molar-refractivity contribution in [3.63, 3.8) is 0 Å². The van der Waals surface area contributed by atoms with E-state index < -0.39 is 22.3 Å². The highest BCUT2D eigenvalue weighted by atomic mass is 79.9. The summed E-state index contributed by atoms with van der Waals surface area (Å²) in [5.41, 5.74) is 2.00. The van der Waals surface area contributed by atoms with Crippen LogP contribution in [0.4, 0.5) is 5.69 Å². The van der Waals surface area contributed by atoms with Crippen molar-refractivity contribution in [1.82, 2.24) is 10.4 Å². The van der Waals surface area contributed by atoms with Crippen LogP contribution in [0.1, 0.15) is 16.1 Å². The van der Waals surface area contributed by atoms with Gasteiger partial charge in [0.15, 0.2) is 0 Å². The zero-order valence-corrected chi connectivity index (χ0v) is 12.5. The molecule has 112 valence electrons. The van der Waals surface area contributed by atoms with Crippen molar-refractivity contribution >= 4 is 33.7 Å². The molecule has 2 aromatic rings. The van der Waals surface area contributed by atoms with E-state index in [-0.39, 0.29) is 11.3 Å². The van der Waals surface area contributed by atoms with Crippen LogP contribution in [0.15, 0.2) is 46.1 Å². The number of nitro groups is 1. The van der Waals surface area contributed by atoms with Crippen LogP contribution in [0.25, 0.3) is 0 Å². The Kier molecular flexibility index (Phi) is 4.79. The predicted octanol–water partition coefficient (Wildman–Crippen LogP) is 2.22. The number of benzene rings is 1. The Bertz CT molecular complexity index is 749. The molecule has 2 rings (SSSR count). The third-order valence-electron chi connectivity index (χ3n) is 2.55. The molecule has 0 saturated carbocycles. The van der Waals surface area contributed by atoms with Gasteiger partial charge in [-0.3, -0.25) is 19.9 Å². The number of phenols is 1. The van der Waals surface area contributed by atoms with Crippen LogP contribution in [0.5, 0.6) is 5.75 Å². The monoisotopic (exact) mass is 364 g/mol. The molecule has 1 aromatic heterocycles. The predicted molar refractivity (Wildman–Crippen MR) is 81.8 cm³/mol. The minimum Gasteiger partial charge on any atom is -0.502 e. The zero-order valence-electron chi connectivity index (χ0n) is 10.9. The van der Waals surface area contributed by atoms with Crippen LogP contribution in [0, 0.1) is 10.1 Å². The lowest BCUT2D eigenvalue weighted by molar-refractivity contribution is -0.385. The van der Waals surface area contributed by atoms with Crippen LogP contribution >= 0.6 is 15.9 Å². The van der Waals surface area contributed by atoms with Crippen LogP contribution in [-0.4, -0.2) is 27.1 Å². The van der Waals surface area contributed by atoms with Gasteiger partial charge in [-0.1, -0.05) is 22.0 Å². The number of amides is 1. The SMILES string of the molecule is O=C(N/N=C\c1cc(Br)cc([N+](=O)[O-])c1O)c1ccccn1. The Balaban J connectivity index is 2.17. The van der Waals surface area contributed by atoms with Crippen LogP contribution in [0.2, 0.25) is 0 Å². The van der Waals surface area contributed by atoms with Gasteiger partial charge in [-0.15, -0.1) is 0 Å². The Morgan fingerprint density at radius 1 is 1.45 bits per heavy atom. The van der Waals surface area contributed by atoms with Gasteiger partial charge >= 0.3 is 5.69 Å². The summed E-state index contributed by atoms with van der Waals surface area (Å²) in [5, 5.41) is 24.2. The van der Waals surface area contributed by atoms with Gasteiger partial charge in [0.1, 0.15) is 5.69 Å². The molecule has 1 aromatic carbocycles. The first-order valence-corrected chi connectivity index (χ1v) is 6.69. The van der Waals surface area contributed by atoms with Crippen molar-refractivity contribution in [3.05, 3.63) is 62.4 Å². The lowest BCUT2D eigenvalue weighted by Gasteiger charge is -2.02. The van der Waals surface area contributed by atoms with E-state index in [1.807, 2.05) is 0 Å². The molecule has 0 unspecified atom stereocenters. The zero-order chi connectivity index (χ0) is 16.1. The van der Waals surface area contributed by atoms with Gasteiger partial charge < -0.3 is 5.11 Å². The molecule has 1 amide bonds. The van der Waals surface area contributed by atoms with Gasteiger partial charge in [0.05, 0.1) is 11.1 Å². The summed E-state index contributed by atoms with van der Waals surface area (Å²) in [6.45, 7) is 0. The fourth-order valence-corrected chi connectivity index (χ4v) is 2.02. The smallest absolute Gasteiger partial charge is 0.312 e. The molecule has 0 atom stereocenters. The lowest BCUT2D eigenvalue weighted by atomic mass is 10.2. The standard InChI is InChI=1S/C13H9BrN4O4/c14-9-5-8(12(19)11(6-9)18(21)22)7-16-17-13(20)10-3-1-2-4-15-10/h1-7,19H,(H,17,20)/b16-7-. The molecular weight excluding hydrogens is 356 g/mol. The van der Waals surface area contributed by atoms with Gasteiger partial charge in [-0.05, 0) is 18.2 Å². The number of hydrogen-bond acceptors (Lipinski definition) is 6. The third-order valence-corrected chi connectivity index (χ3v) is 3.01. The van der Waals surface area contributed by atoms with Crippen molar-refractivity contribution < 1.29 is 14.8 Å². The van der Waals surface area contributed by atoms with Crippen LogP contribution in [0.3, 0.4) is 0 Å². The van der Waals surface area contributed by atoms with Crippen molar-refractivity contribution in [2.45, 2.75) is 0 Å². The second-order valence-corrected chi connectivity index (χ2v) is 4.95. The first-order valence-electron chi connectivity index (χ1n) is 5.90. The fraction of sp³-hybridized carbons (Fsp3) is 0. The number of aromatic hydroxyl groups is 1. The Morgan fingerprint density at radius 2 is 2.23 bits per heavy atom. The number of pyridine rings is 1. The summed E-state index contributed by atoms with van der Waals surface area (Å²) < 4.78 is 0.398. The molecule has 0 fully saturated rings. The van der Waals surface area contributed by atoms with E-state index >= 15 is 0 Å². The number of phenolic OH excluding ortho intramolecular Hbond substituents is 1. The number of rotatable bonds is 4. The Morgan fingerprint density at radius 3 is 2.86 bits per heavy atom. The number of carbonyl (C=O) groups excluding carboxylic acids is 1. The quantitative estimate of drug-likeness (QED) is 0.489. The molecule has 2 N–H and O–H groups in total. The van der Waals surface area contributed by atoms with Gasteiger partial charge in [-0.2, -0.15) is 5.10 Å². The van der Waals surface area contributed by atoms with Crippen molar-refractivity contribution in [3.8, 4) is 5.75 Å². The van der Waals surface area contributed by atoms with E-state index in [4.69, 9.17) is 0 Å². The number of aromatic nitrogens is 1. The lowest BCUT2D eigenvalue weighted by Crippen LogP contribution is -2.18. The van der Waals surface area contributed by atoms with E-state index in [1.54, 1.807) is 12.1 Å². The van der Waals surface area contributed by atoms with Gasteiger partial charge in [0, 0.05) is 22.3 Å². The summed E-state index contributed by atoms with van der Waals surface area (Å²) in [6, 6.07) is 7.41. The molecule has 0 spiro atoms. The summed E-state index contributed by atoms with van der Waals surface area (Å²) in [5.74, 6) is -1.08. The topological polar surface area (TPSA) is 118 Å². The second-order valence-electron chi connectivity index (χ2n) is 4.03. The molecular formula is C13H9BrN4O4. The Hall–Kier alpha value is -2.81. The third kappa shape index (κ3) is 3.64. The minimum atomic E-state index is -0.718. The summed E-state index contributed by atoms with van der Waals surface area (Å²) in [7, 11) is 0. The summed E-state index contributed by atoms with van der Waals surface area (Å²) in [6.07, 6.45) is 2.57. The molecule has 0 saturated heterocycles. The molecule has 1 heterocycles. The number of carbonyl (C=O) groups is 1. The molecule has 8 nitrogen and oxygen atoms in total. The first-order chi connectivity index (χ1) is 10.5. The number of hydrogen-bond donors (Lipinski definition) is 2. The van der Waals surface area contributed by atoms with Crippen molar-refractivity contribution in [2.75, 3.05) is 0 Å². The van der Waals surface area contributed by atoms with E-state index in [2.05, 4.69) is 31.4 Å². The van der Waals surface area contributed by atoms with Crippen molar-refractivity contribution in [1.29, 1.82) is 0 Å². The van der Waals surface area contributed by atoms with Crippen LogP contribution in [-0.2, 0) is 0 Å². The number of nitrogens with zero attached hydrogens (tertiary/aromatic N) is 3. The first kappa shape index (κ1) is 15.6. The minimum absolute atomic E-state index is 0.0856. The number of halogens is 1. The normalized spacial score (nSPS) is 10.6. The van der Waals surface area contributed by atoms with E-state index in [0.717, 1.165) is 6.21 Å². The van der Waals surface area contributed by atoms with Crippen molar-refractivity contribution in [2.24, 2.45) is 5.10 Å². The average Bonchev–Trinajstić information content (AvgIpc) is 2.50. The highest BCUT2D eigenvalue weighted by Gasteiger charge is 2.17. The maximum atomic E-state index is 11.7. The van der Waals surface area contributed by atoms with Crippen LogP contribution < -0.4 is 5.43 Å². The fourth-order valence-electron chi connectivity index (χ4n) is 1.56. The van der Waals surface area contributed by atoms with Gasteiger partial charge in [0.2, 0.25) is 5.75 Å². The van der Waals surface area contributed by atoms with E-state index in [0.29, 0.717) is 4.47 Å². The highest BCUT2D eigenvalue weighted by Crippen LogP contribution is 2.32.